The van der Waals surface area contributed by atoms with Crippen molar-refractivity contribution in [3.8, 4) is 5.75 Å². The summed E-state index contributed by atoms with van der Waals surface area (Å²) in [4.78, 5) is 0. The fourth-order valence-electron chi connectivity index (χ4n) is 5.18. The van der Waals surface area contributed by atoms with Crippen molar-refractivity contribution in [3.63, 3.8) is 0 Å². The third-order valence-corrected chi connectivity index (χ3v) is 6.83. The van der Waals surface area contributed by atoms with E-state index in [1.165, 1.54) is 30.4 Å². The molecule has 0 aliphatic heterocycles. The summed E-state index contributed by atoms with van der Waals surface area (Å²) in [7, 11) is 1.74. The van der Waals surface area contributed by atoms with Gasteiger partial charge in [0.15, 0.2) is 0 Å². The smallest absolute Gasteiger partial charge is 0.119 e. The van der Waals surface area contributed by atoms with Crippen LogP contribution in [0.3, 0.4) is 0 Å². The van der Waals surface area contributed by atoms with Gasteiger partial charge in [0.2, 0.25) is 0 Å². The molecule has 0 aromatic heterocycles. The van der Waals surface area contributed by atoms with E-state index < -0.39 is 5.60 Å². The lowest BCUT2D eigenvalue weighted by Crippen LogP contribution is -2.57. The van der Waals surface area contributed by atoms with Crippen LogP contribution in [-0.2, 0) is 11.8 Å². The van der Waals surface area contributed by atoms with Crippen LogP contribution in [0.1, 0.15) is 62.5 Å². The van der Waals surface area contributed by atoms with Gasteiger partial charge in [-0.3, -0.25) is 0 Å². The Balaban J connectivity index is 1.64. The van der Waals surface area contributed by atoms with Crippen molar-refractivity contribution in [2.75, 3.05) is 20.2 Å². The number of nitrogens with one attached hydrogen (secondary N) is 1. The molecule has 1 aromatic rings. The van der Waals surface area contributed by atoms with Gasteiger partial charge in [-0.05, 0) is 87.2 Å². The van der Waals surface area contributed by atoms with Crippen molar-refractivity contribution in [2.45, 2.75) is 68.8 Å². The summed E-state index contributed by atoms with van der Waals surface area (Å²) in [5.41, 5.74) is 2.16. The molecule has 2 atom stereocenters. The van der Waals surface area contributed by atoms with Gasteiger partial charge in [-0.2, -0.15) is 0 Å². The minimum Gasteiger partial charge on any atom is -0.497 e. The minimum absolute atomic E-state index is 0.0933. The summed E-state index contributed by atoms with van der Waals surface area (Å²) in [6.07, 6.45) is 10.2. The molecule has 2 saturated carbocycles. The zero-order chi connectivity index (χ0) is 16.6. The largest absolute Gasteiger partial charge is 0.497 e. The molecule has 24 heavy (non-hydrogen) atoms. The molecule has 0 radical (unpaired) electrons. The quantitative estimate of drug-likeness (QED) is 0.784. The van der Waals surface area contributed by atoms with Crippen LogP contribution in [0.25, 0.3) is 0 Å². The van der Waals surface area contributed by atoms with Crippen LogP contribution in [0.5, 0.6) is 5.75 Å². The maximum atomic E-state index is 11.6. The zero-order valence-corrected chi connectivity index (χ0v) is 14.9. The van der Waals surface area contributed by atoms with E-state index >= 15 is 0 Å². The van der Waals surface area contributed by atoms with E-state index in [4.69, 9.17) is 4.74 Å². The van der Waals surface area contributed by atoms with E-state index in [1.807, 2.05) is 0 Å². The Labute approximate surface area is 145 Å². The van der Waals surface area contributed by atoms with Crippen molar-refractivity contribution < 1.29 is 9.84 Å². The molecule has 2 N–H and O–H groups in total. The van der Waals surface area contributed by atoms with Gasteiger partial charge in [-0.15, -0.1) is 0 Å². The lowest BCUT2D eigenvalue weighted by atomic mass is 9.53. The molecule has 4 rings (SSSR count). The number of hydrogen-bond acceptors (Lipinski definition) is 3. The lowest BCUT2D eigenvalue weighted by molar-refractivity contribution is -0.0869. The molecule has 0 saturated heterocycles. The van der Waals surface area contributed by atoms with Crippen LogP contribution < -0.4 is 10.1 Å². The summed E-state index contributed by atoms with van der Waals surface area (Å²) in [5.74, 6) is 1.83. The molecule has 3 heteroatoms. The van der Waals surface area contributed by atoms with E-state index in [0.29, 0.717) is 0 Å². The molecule has 0 heterocycles. The number of rotatable bonds is 6. The normalized spacial score (nSPS) is 32.1. The third kappa shape index (κ3) is 2.76. The number of aliphatic hydroxyl groups is 1. The highest BCUT2D eigenvalue weighted by Crippen LogP contribution is 2.55. The Hall–Kier alpha value is -1.06. The van der Waals surface area contributed by atoms with Crippen molar-refractivity contribution in [2.24, 2.45) is 5.92 Å². The van der Waals surface area contributed by atoms with Crippen LogP contribution in [-0.4, -0.2) is 30.9 Å². The molecule has 0 spiro atoms. The summed E-state index contributed by atoms with van der Waals surface area (Å²) in [6, 6.07) is 6.51. The SMILES string of the molecule is COc1ccc2c(c1)[C@@]1(CCNCC3CC3)CCCC[C@@]1(O)CC2. The lowest BCUT2D eigenvalue weighted by Gasteiger charge is -2.55. The first-order valence-corrected chi connectivity index (χ1v) is 9.77. The first-order valence-electron chi connectivity index (χ1n) is 9.77. The number of benzene rings is 1. The molecule has 1 aromatic carbocycles. The van der Waals surface area contributed by atoms with E-state index in [-0.39, 0.29) is 5.41 Å². The van der Waals surface area contributed by atoms with Gasteiger partial charge in [0.05, 0.1) is 12.7 Å². The van der Waals surface area contributed by atoms with Crippen molar-refractivity contribution in [1.29, 1.82) is 0 Å². The van der Waals surface area contributed by atoms with Gasteiger partial charge >= 0.3 is 0 Å². The molecule has 2 fully saturated rings. The number of hydrogen-bond donors (Lipinski definition) is 2. The van der Waals surface area contributed by atoms with Crippen LogP contribution in [0.2, 0.25) is 0 Å². The fourth-order valence-corrected chi connectivity index (χ4v) is 5.18. The van der Waals surface area contributed by atoms with Crippen molar-refractivity contribution in [1.82, 2.24) is 5.32 Å². The standard InChI is InChI=1S/C21H31NO2/c1-24-18-7-6-17-8-11-21(23)10-3-2-9-20(21,19(17)14-18)12-13-22-15-16-4-5-16/h6-7,14,16,22-23H,2-5,8-13,15H2,1H3/t20-,21+/m0/s1. The second-order valence-electron chi connectivity index (χ2n) is 8.24. The molecule has 0 amide bonds. The average Bonchev–Trinajstić information content (AvgIpc) is 3.43. The monoisotopic (exact) mass is 329 g/mol. The molecular formula is C21H31NO2. The first kappa shape index (κ1) is 16.4. The van der Waals surface area contributed by atoms with Gasteiger partial charge in [0.25, 0.3) is 0 Å². The van der Waals surface area contributed by atoms with Crippen LogP contribution in [0, 0.1) is 5.92 Å². The maximum absolute atomic E-state index is 11.6. The summed E-state index contributed by atoms with van der Waals surface area (Å²) in [6.45, 7) is 2.16. The van der Waals surface area contributed by atoms with Gasteiger partial charge in [0.1, 0.15) is 5.75 Å². The second kappa shape index (κ2) is 6.34. The van der Waals surface area contributed by atoms with Gasteiger partial charge in [-0.25, -0.2) is 0 Å². The second-order valence-corrected chi connectivity index (χ2v) is 8.24. The first-order chi connectivity index (χ1) is 11.7. The maximum Gasteiger partial charge on any atom is 0.119 e. The summed E-state index contributed by atoms with van der Waals surface area (Å²) >= 11 is 0. The number of ether oxygens (including phenoxy) is 1. The minimum atomic E-state index is -0.536. The highest BCUT2D eigenvalue weighted by atomic mass is 16.5. The number of aryl methyl sites for hydroxylation is 1. The molecule has 3 aliphatic carbocycles. The van der Waals surface area contributed by atoms with E-state index in [0.717, 1.165) is 63.3 Å². The molecule has 132 valence electrons. The average molecular weight is 329 g/mol. The fraction of sp³-hybridized carbons (Fsp3) is 0.714. The van der Waals surface area contributed by atoms with E-state index in [9.17, 15) is 5.11 Å². The van der Waals surface area contributed by atoms with E-state index in [1.54, 1.807) is 7.11 Å². The third-order valence-electron chi connectivity index (χ3n) is 6.83. The Morgan fingerprint density at radius 2 is 2.04 bits per heavy atom. The van der Waals surface area contributed by atoms with Crippen molar-refractivity contribution >= 4 is 0 Å². The number of methoxy groups -OCH3 is 1. The van der Waals surface area contributed by atoms with Crippen LogP contribution in [0.15, 0.2) is 18.2 Å². The Bertz CT molecular complexity index is 598. The Kier molecular flexibility index (Phi) is 4.34. The summed E-state index contributed by atoms with van der Waals surface area (Å²) < 4.78 is 5.51. The van der Waals surface area contributed by atoms with Crippen molar-refractivity contribution in [3.05, 3.63) is 29.3 Å². The van der Waals surface area contributed by atoms with Crippen LogP contribution >= 0.6 is 0 Å². The molecule has 3 nitrogen and oxygen atoms in total. The molecule has 3 aliphatic rings. The number of fused-ring (bicyclic) bond motifs is 3. The molecule has 0 bridgehead atoms. The highest BCUT2D eigenvalue weighted by molar-refractivity contribution is 5.46. The van der Waals surface area contributed by atoms with Crippen LogP contribution in [0.4, 0.5) is 0 Å². The van der Waals surface area contributed by atoms with Gasteiger partial charge in [0, 0.05) is 5.41 Å². The Morgan fingerprint density at radius 1 is 1.21 bits per heavy atom. The molecular weight excluding hydrogens is 298 g/mol. The predicted octanol–water partition coefficient (Wildman–Crippen LogP) is 3.57. The Morgan fingerprint density at radius 3 is 2.83 bits per heavy atom. The molecule has 0 unspecified atom stereocenters. The zero-order valence-electron chi connectivity index (χ0n) is 14.9. The van der Waals surface area contributed by atoms with Gasteiger partial charge in [-0.1, -0.05) is 18.9 Å². The highest BCUT2D eigenvalue weighted by Gasteiger charge is 2.54. The summed E-state index contributed by atoms with van der Waals surface area (Å²) in [5, 5.41) is 15.3. The topological polar surface area (TPSA) is 41.5 Å². The van der Waals surface area contributed by atoms with E-state index in [2.05, 4.69) is 23.5 Å². The predicted molar refractivity (Wildman–Crippen MR) is 96.6 cm³/mol. The van der Waals surface area contributed by atoms with Gasteiger partial charge < -0.3 is 15.2 Å².